The summed E-state index contributed by atoms with van der Waals surface area (Å²) in [6.45, 7) is -0.796. The summed E-state index contributed by atoms with van der Waals surface area (Å²) in [6.07, 6.45) is -1.82. The minimum absolute atomic E-state index is 0.110. The van der Waals surface area contributed by atoms with Gasteiger partial charge in [0.25, 0.3) is 0 Å². The van der Waals surface area contributed by atoms with Gasteiger partial charge in [-0.1, -0.05) is 24.3 Å². The fraction of sp³-hybridized carbons (Fsp3) is 0.316. The molecule has 5 atom stereocenters. The molecule has 1 saturated heterocycles. The number of alkyl halides is 1. The van der Waals surface area contributed by atoms with Crippen molar-refractivity contribution in [3.63, 3.8) is 0 Å². The van der Waals surface area contributed by atoms with E-state index in [-0.39, 0.29) is 16.4 Å². The predicted molar refractivity (Wildman–Crippen MR) is 125 cm³/mol. The Balaban J connectivity index is 1.43. The Labute approximate surface area is 206 Å². The summed E-state index contributed by atoms with van der Waals surface area (Å²) >= 11 is 6.15. The van der Waals surface area contributed by atoms with Crippen LogP contribution in [0.15, 0.2) is 43.0 Å². The van der Waals surface area contributed by atoms with Gasteiger partial charge in [0, 0.05) is 12.4 Å². The van der Waals surface area contributed by atoms with Crippen molar-refractivity contribution in [2.75, 3.05) is 12.5 Å². The first-order valence-electron chi connectivity index (χ1n) is 10.4. The number of rotatable bonds is 7. The summed E-state index contributed by atoms with van der Waals surface area (Å²) in [5.74, 6) is -1.10. The second-order valence-corrected chi connectivity index (χ2v) is 12.5. The van der Waals surface area contributed by atoms with Crippen LogP contribution in [0.2, 0.25) is 5.28 Å². The zero-order chi connectivity index (χ0) is 25.8. The molecule has 0 bridgehead atoms. The molecule has 1 fully saturated rings. The second kappa shape index (κ2) is 9.25. The summed E-state index contributed by atoms with van der Waals surface area (Å²) in [5.41, 5.74) is 0.379. The first-order valence-corrected chi connectivity index (χ1v) is 14.3. The number of nitrogens with zero attached hydrogens (tertiary/aromatic N) is 5. The third kappa shape index (κ3) is 4.97. The lowest BCUT2D eigenvalue weighted by molar-refractivity contribution is -0.0425. The van der Waals surface area contributed by atoms with Gasteiger partial charge >= 0.3 is 15.2 Å². The van der Waals surface area contributed by atoms with Crippen LogP contribution in [0, 0.1) is 0 Å². The average Bonchev–Trinajstić information content (AvgIpc) is 3.47. The maximum absolute atomic E-state index is 15.1. The fourth-order valence-corrected chi connectivity index (χ4v) is 6.71. The van der Waals surface area contributed by atoms with E-state index in [4.69, 9.17) is 26.1 Å². The molecule has 3 aromatic heterocycles. The topological polar surface area (TPSA) is 182 Å². The molecule has 1 aliphatic heterocycles. The Morgan fingerprint density at radius 1 is 1.14 bits per heavy atom. The number of fused-ring (bicyclic) bond motifs is 2. The number of aromatic nitrogens is 5. The lowest BCUT2D eigenvalue weighted by Gasteiger charge is -2.18. The second-order valence-electron chi connectivity index (χ2n) is 8.17. The molecule has 1 aromatic carbocycles. The fourth-order valence-electron chi connectivity index (χ4n) is 3.98. The Kier molecular flexibility index (Phi) is 6.53. The molecule has 5 rings (SSSR count). The number of aliphatic hydroxyl groups is 1. The predicted octanol–water partition coefficient (Wildman–Crippen LogP) is 2.36. The van der Waals surface area contributed by atoms with Crippen molar-refractivity contribution in [3.8, 4) is 5.82 Å². The van der Waals surface area contributed by atoms with Crippen LogP contribution in [0.1, 0.15) is 6.23 Å². The minimum Gasteiger partial charge on any atom is -0.387 e. The molecule has 0 spiro atoms. The van der Waals surface area contributed by atoms with E-state index >= 15 is 4.39 Å². The van der Waals surface area contributed by atoms with Crippen LogP contribution in [0.25, 0.3) is 27.8 Å². The molecule has 36 heavy (non-hydrogen) atoms. The van der Waals surface area contributed by atoms with E-state index in [1.54, 1.807) is 4.57 Å². The van der Waals surface area contributed by atoms with Gasteiger partial charge in [0.15, 0.2) is 35.3 Å². The van der Waals surface area contributed by atoms with Gasteiger partial charge in [0.05, 0.1) is 12.9 Å². The van der Waals surface area contributed by atoms with Gasteiger partial charge in [0.1, 0.15) is 12.2 Å². The van der Waals surface area contributed by atoms with Gasteiger partial charge in [-0.25, -0.2) is 9.37 Å². The van der Waals surface area contributed by atoms with Gasteiger partial charge in [-0.2, -0.15) is 9.97 Å². The molecule has 192 valence electrons. The zero-order valence-corrected chi connectivity index (χ0v) is 20.6. The molecule has 17 heteroatoms. The van der Waals surface area contributed by atoms with Crippen LogP contribution in [-0.2, 0) is 18.4 Å². The van der Waals surface area contributed by atoms with Crippen LogP contribution in [0.4, 0.5) is 4.39 Å². The SMILES string of the molecule is O=P(O)(O)CP(=O)(O)OC[C@H]1O[C@@H](n2cnc3c(-n4cc5ccccc5c4)nc(Cl)nc32)[C@@H](F)[C@@H]1O. The molecular formula is C19H19ClFN5O8P2. The summed E-state index contributed by atoms with van der Waals surface area (Å²) in [5, 5.41) is 12.0. The van der Waals surface area contributed by atoms with E-state index in [2.05, 4.69) is 19.5 Å². The molecule has 13 nitrogen and oxygen atoms in total. The first kappa shape index (κ1) is 25.4. The van der Waals surface area contributed by atoms with Crippen molar-refractivity contribution in [1.82, 2.24) is 24.1 Å². The van der Waals surface area contributed by atoms with Crippen molar-refractivity contribution >= 4 is 48.7 Å². The molecule has 1 aliphatic rings. The quantitative estimate of drug-likeness (QED) is 0.192. The van der Waals surface area contributed by atoms with Crippen molar-refractivity contribution in [2.45, 2.75) is 24.6 Å². The Morgan fingerprint density at radius 2 is 1.81 bits per heavy atom. The maximum atomic E-state index is 15.1. The smallest absolute Gasteiger partial charge is 0.340 e. The lowest BCUT2D eigenvalue weighted by atomic mass is 10.1. The molecule has 4 aromatic rings. The number of halogens is 2. The van der Waals surface area contributed by atoms with Crippen LogP contribution >= 0.6 is 26.8 Å². The standard InChI is InChI=1S/C19H19ClFN5O8P2/c20-19-23-16(25-5-10-3-1-2-4-11(10)6-25)14-17(24-19)26(8-22-14)18-13(21)15(27)12(34-18)7-33-36(31,32)9-35(28,29)30/h1-6,8,12-13,15,18,27H,7,9H2,(H,31,32)(H2,28,29,30)/t12-,13+,15-,18-/m1/s1. The highest BCUT2D eigenvalue weighted by molar-refractivity contribution is 7.70. The van der Waals surface area contributed by atoms with Crippen molar-refractivity contribution in [3.05, 3.63) is 48.3 Å². The van der Waals surface area contributed by atoms with Gasteiger partial charge in [-0.05, 0) is 22.4 Å². The maximum Gasteiger partial charge on any atom is 0.340 e. The van der Waals surface area contributed by atoms with E-state index in [0.29, 0.717) is 5.82 Å². The highest BCUT2D eigenvalue weighted by Crippen LogP contribution is 2.55. The highest BCUT2D eigenvalue weighted by atomic mass is 35.5. The van der Waals surface area contributed by atoms with Gasteiger partial charge in [-0.3, -0.25) is 13.7 Å². The summed E-state index contributed by atoms with van der Waals surface area (Å²) in [7, 11) is -9.58. The summed E-state index contributed by atoms with van der Waals surface area (Å²) < 4.78 is 51.1. The molecular weight excluding hydrogens is 543 g/mol. The number of benzene rings is 1. The van der Waals surface area contributed by atoms with Crippen LogP contribution in [0.3, 0.4) is 0 Å². The van der Waals surface area contributed by atoms with Crippen LogP contribution in [-0.4, -0.2) is 74.8 Å². The van der Waals surface area contributed by atoms with E-state index in [0.717, 1.165) is 10.8 Å². The van der Waals surface area contributed by atoms with E-state index in [9.17, 15) is 19.1 Å². The number of ether oxygens (including phenoxy) is 1. The zero-order valence-electron chi connectivity index (χ0n) is 18.1. The Bertz CT molecular complexity index is 1510. The molecule has 0 aliphatic carbocycles. The Morgan fingerprint density at radius 3 is 2.44 bits per heavy atom. The number of hydrogen-bond donors (Lipinski definition) is 4. The van der Waals surface area contributed by atoms with E-state index < -0.39 is 52.3 Å². The lowest BCUT2D eigenvalue weighted by Crippen LogP contribution is -2.31. The largest absolute Gasteiger partial charge is 0.387 e. The number of aliphatic hydroxyl groups excluding tert-OH is 1. The molecule has 1 unspecified atom stereocenters. The summed E-state index contributed by atoms with van der Waals surface area (Å²) in [4.78, 5) is 40.1. The van der Waals surface area contributed by atoms with Crippen molar-refractivity contribution in [2.24, 2.45) is 0 Å². The monoisotopic (exact) mass is 561 g/mol. The number of imidazole rings is 1. The highest BCUT2D eigenvalue weighted by Gasteiger charge is 2.47. The molecule has 0 amide bonds. The van der Waals surface area contributed by atoms with Crippen LogP contribution < -0.4 is 0 Å². The average molecular weight is 562 g/mol. The third-order valence-electron chi connectivity index (χ3n) is 5.54. The molecule has 0 saturated carbocycles. The molecule has 4 N–H and O–H groups in total. The van der Waals surface area contributed by atoms with Gasteiger partial charge < -0.3 is 33.6 Å². The Hall–Kier alpha value is -2.25. The molecule has 0 radical (unpaired) electrons. The number of hydrogen-bond acceptors (Lipinski definition) is 8. The van der Waals surface area contributed by atoms with Gasteiger partial charge in [0.2, 0.25) is 5.28 Å². The van der Waals surface area contributed by atoms with Crippen molar-refractivity contribution < 1.29 is 42.6 Å². The van der Waals surface area contributed by atoms with Crippen molar-refractivity contribution in [1.29, 1.82) is 0 Å². The summed E-state index contributed by atoms with van der Waals surface area (Å²) in [6, 6.07) is 7.60. The minimum atomic E-state index is -4.86. The first-order chi connectivity index (χ1) is 16.9. The normalized spacial score (nSPS) is 24.5. The van der Waals surface area contributed by atoms with E-state index in [1.165, 1.54) is 10.9 Å². The third-order valence-corrected chi connectivity index (χ3v) is 9.17. The van der Waals surface area contributed by atoms with E-state index in [1.807, 2.05) is 36.7 Å². The molecule has 4 heterocycles. The van der Waals surface area contributed by atoms with Gasteiger partial charge in [-0.15, -0.1) is 0 Å². The van der Waals surface area contributed by atoms with Crippen LogP contribution in [0.5, 0.6) is 0 Å².